The monoisotopic (exact) mass is 698 g/mol. The summed E-state index contributed by atoms with van der Waals surface area (Å²) in [6.45, 7) is 8.95. The summed E-state index contributed by atoms with van der Waals surface area (Å²) in [6, 6.07) is 24.3. The van der Waals surface area contributed by atoms with Crippen LogP contribution in [0, 0.1) is 6.92 Å². The highest BCUT2D eigenvalue weighted by Gasteiger charge is 2.31. The lowest BCUT2D eigenvalue weighted by atomic mass is 10.0. The van der Waals surface area contributed by atoms with Gasteiger partial charge >= 0.3 is 0 Å². The lowest BCUT2D eigenvalue weighted by Crippen LogP contribution is -2.93. The summed E-state index contributed by atoms with van der Waals surface area (Å²) < 4.78 is 7.93. The van der Waals surface area contributed by atoms with Crippen molar-refractivity contribution in [1.29, 1.82) is 0 Å². The second-order valence-electron chi connectivity index (χ2n) is 12.3. The standard InChI is InChI=1S/C36H40BrN7OS/c1-25-8-11-28(12-9-25)46-44-24-30(29-6-4-5-7-33(29)44)35-31(37)23-38-36(40-35)39-32-13-10-27(22-34(32)45-3)42-16-14-26(15-17-42)43-20-18-41(2)19-21-43/h4-13,22-24,26H,14-21H2,1-3H3,(H,38,39,40)/p+1. The highest BCUT2D eigenvalue weighted by Crippen LogP contribution is 2.37. The molecule has 46 heavy (non-hydrogen) atoms. The van der Waals surface area contributed by atoms with Crippen molar-refractivity contribution in [2.45, 2.75) is 30.7 Å². The van der Waals surface area contributed by atoms with Crippen LogP contribution < -0.4 is 19.3 Å². The van der Waals surface area contributed by atoms with Gasteiger partial charge in [0, 0.05) is 69.3 Å². The molecule has 3 aromatic carbocycles. The molecule has 4 aromatic rings. The molecule has 238 valence electrons. The normalized spacial score (nSPS) is 19.2. The molecular formula is C36H41BrN7OS+. The van der Waals surface area contributed by atoms with Crippen LogP contribution in [-0.2, 0) is 0 Å². The minimum atomic E-state index is 0.523. The van der Waals surface area contributed by atoms with E-state index < -0.39 is 0 Å². The number of piperidine rings is 1. The SMILES string of the molecule is COc1cc(N2CCC(N3CCN(C)CC3)CC2)ccc1Nc1ncc(Br)c(C2=C[NH+](Sc3ccc(C)cc3)c3ccccc32)n1. The molecule has 1 unspecified atom stereocenters. The van der Waals surface area contributed by atoms with Gasteiger partial charge in [0.1, 0.15) is 23.9 Å². The predicted octanol–water partition coefficient (Wildman–Crippen LogP) is 6.14. The number of piperazine rings is 1. The summed E-state index contributed by atoms with van der Waals surface area (Å²) in [5, 5.41) is 3.44. The van der Waals surface area contributed by atoms with Gasteiger partial charge in [-0.2, -0.15) is 0 Å². The Balaban J connectivity index is 1.08. The van der Waals surface area contributed by atoms with Crippen LogP contribution in [0.25, 0.3) is 5.57 Å². The number of ether oxygens (including phenoxy) is 1. The van der Waals surface area contributed by atoms with Crippen LogP contribution in [0.1, 0.15) is 29.7 Å². The first kappa shape index (κ1) is 31.2. The lowest BCUT2D eigenvalue weighted by molar-refractivity contribution is -0.605. The Bertz CT molecular complexity index is 1720. The van der Waals surface area contributed by atoms with Gasteiger partial charge in [0.15, 0.2) is 5.69 Å². The van der Waals surface area contributed by atoms with E-state index in [9.17, 15) is 0 Å². The van der Waals surface area contributed by atoms with Crippen LogP contribution >= 0.6 is 27.9 Å². The van der Waals surface area contributed by atoms with E-state index in [0.717, 1.165) is 40.3 Å². The van der Waals surface area contributed by atoms with Crippen LogP contribution in [0.15, 0.2) is 88.5 Å². The second kappa shape index (κ2) is 13.8. The number of methoxy groups -OCH3 is 1. The van der Waals surface area contributed by atoms with Gasteiger partial charge in [0.05, 0.1) is 39.0 Å². The number of nitrogens with zero attached hydrogens (tertiary/aromatic N) is 5. The molecule has 0 amide bonds. The van der Waals surface area contributed by atoms with E-state index in [0.29, 0.717) is 12.0 Å². The Morgan fingerprint density at radius 3 is 2.48 bits per heavy atom. The molecule has 0 spiro atoms. The first-order valence-corrected chi connectivity index (χ1v) is 17.6. The largest absolute Gasteiger partial charge is 0.494 e. The summed E-state index contributed by atoms with van der Waals surface area (Å²) in [5.41, 5.74) is 7.60. The summed E-state index contributed by atoms with van der Waals surface area (Å²) in [6.07, 6.45) is 6.46. The zero-order chi connectivity index (χ0) is 31.6. The molecule has 7 rings (SSSR count). The number of rotatable bonds is 8. The summed E-state index contributed by atoms with van der Waals surface area (Å²) in [5.74, 6) is 1.30. The van der Waals surface area contributed by atoms with Crippen LogP contribution in [0.3, 0.4) is 0 Å². The molecule has 4 heterocycles. The summed E-state index contributed by atoms with van der Waals surface area (Å²) in [7, 11) is 3.95. The molecule has 3 aliphatic heterocycles. The number of anilines is 3. The Morgan fingerprint density at radius 2 is 1.72 bits per heavy atom. The highest BCUT2D eigenvalue weighted by molar-refractivity contribution is 9.10. The van der Waals surface area contributed by atoms with E-state index in [-0.39, 0.29) is 0 Å². The topological polar surface area (TPSA) is 61.2 Å². The van der Waals surface area contributed by atoms with Crippen molar-refractivity contribution >= 4 is 56.5 Å². The average molecular weight is 700 g/mol. The number of para-hydroxylation sites is 1. The fraction of sp³-hybridized carbons (Fsp3) is 0.333. The molecule has 0 aliphatic carbocycles. The summed E-state index contributed by atoms with van der Waals surface area (Å²) in [4.78, 5) is 18.5. The first-order valence-electron chi connectivity index (χ1n) is 16.0. The molecule has 2 N–H and O–H groups in total. The van der Waals surface area contributed by atoms with Gasteiger partial charge in [0.25, 0.3) is 0 Å². The number of fused-ring (bicyclic) bond motifs is 1. The maximum atomic E-state index is 5.87. The average Bonchev–Trinajstić information content (AvgIpc) is 3.45. The molecule has 1 aromatic heterocycles. The Labute approximate surface area is 284 Å². The first-order chi connectivity index (χ1) is 22.4. The third kappa shape index (κ3) is 6.68. The second-order valence-corrected chi connectivity index (χ2v) is 14.3. The molecule has 2 fully saturated rings. The Morgan fingerprint density at radius 1 is 0.957 bits per heavy atom. The fourth-order valence-corrected chi connectivity index (χ4v) is 8.02. The fourth-order valence-electron chi connectivity index (χ4n) is 6.63. The molecule has 0 bridgehead atoms. The van der Waals surface area contributed by atoms with Crippen LogP contribution in [0.4, 0.5) is 23.0 Å². The van der Waals surface area contributed by atoms with E-state index in [4.69, 9.17) is 9.72 Å². The van der Waals surface area contributed by atoms with E-state index >= 15 is 0 Å². The molecule has 0 saturated carbocycles. The van der Waals surface area contributed by atoms with E-state index in [1.807, 2.05) is 6.20 Å². The maximum absolute atomic E-state index is 5.87. The van der Waals surface area contributed by atoms with Crippen LogP contribution in [0.2, 0.25) is 0 Å². The van der Waals surface area contributed by atoms with Gasteiger partial charge in [-0.25, -0.2) is 14.3 Å². The van der Waals surface area contributed by atoms with Gasteiger partial charge in [-0.15, -0.1) is 0 Å². The number of quaternary nitrogens is 1. The van der Waals surface area contributed by atoms with Crippen molar-refractivity contribution in [2.75, 3.05) is 63.6 Å². The molecule has 10 heteroatoms. The van der Waals surface area contributed by atoms with Crippen molar-refractivity contribution in [2.24, 2.45) is 0 Å². The maximum Gasteiger partial charge on any atom is 0.227 e. The predicted molar refractivity (Wildman–Crippen MR) is 191 cm³/mol. The van der Waals surface area contributed by atoms with Gasteiger partial charge in [-0.05, 0) is 73.1 Å². The Hall–Kier alpha value is -3.41. The molecular weight excluding hydrogens is 658 g/mol. The van der Waals surface area contributed by atoms with E-state index in [1.165, 1.54) is 70.7 Å². The highest BCUT2D eigenvalue weighted by atomic mass is 79.9. The van der Waals surface area contributed by atoms with Crippen molar-refractivity contribution in [3.63, 3.8) is 0 Å². The molecule has 1 atom stereocenters. The number of halogens is 1. The van der Waals surface area contributed by atoms with Gasteiger partial charge in [-0.3, -0.25) is 4.90 Å². The van der Waals surface area contributed by atoms with Crippen molar-refractivity contribution < 1.29 is 9.04 Å². The minimum Gasteiger partial charge on any atom is -0.494 e. The number of likely N-dealkylation sites (N-methyl/N-ethyl adjacent to an activating group) is 1. The Kier molecular flexibility index (Phi) is 9.33. The number of nitrogens with one attached hydrogen (secondary N) is 2. The number of benzene rings is 3. The lowest BCUT2D eigenvalue weighted by Gasteiger charge is -2.42. The van der Waals surface area contributed by atoms with Gasteiger partial charge in [0.2, 0.25) is 5.95 Å². The van der Waals surface area contributed by atoms with Crippen molar-refractivity contribution in [1.82, 2.24) is 19.8 Å². The summed E-state index contributed by atoms with van der Waals surface area (Å²) >= 11 is 5.52. The molecule has 0 radical (unpaired) electrons. The number of hydrogen-bond donors (Lipinski definition) is 2. The van der Waals surface area contributed by atoms with Gasteiger partial charge in [-0.1, -0.05) is 29.8 Å². The van der Waals surface area contributed by atoms with Crippen LogP contribution in [0.5, 0.6) is 5.75 Å². The number of aromatic nitrogens is 2. The zero-order valence-corrected chi connectivity index (χ0v) is 29.1. The number of aryl methyl sites for hydroxylation is 1. The quantitative estimate of drug-likeness (QED) is 0.213. The minimum absolute atomic E-state index is 0.523. The van der Waals surface area contributed by atoms with Crippen molar-refractivity contribution in [3.8, 4) is 5.75 Å². The van der Waals surface area contributed by atoms with E-state index in [2.05, 4.69) is 128 Å². The third-order valence-corrected chi connectivity index (χ3v) is 11.0. The number of hydrogen-bond acceptors (Lipinski definition) is 8. The molecule has 3 aliphatic rings. The van der Waals surface area contributed by atoms with Crippen molar-refractivity contribution in [3.05, 3.63) is 100 Å². The molecule has 2 saturated heterocycles. The third-order valence-electron chi connectivity index (χ3n) is 9.32. The smallest absolute Gasteiger partial charge is 0.227 e. The van der Waals surface area contributed by atoms with E-state index in [1.54, 1.807) is 19.1 Å². The van der Waals surface area contributed by atoms with Gasteiger partial charge < -0.3 is 19.9 Å². The zero-order valence-electron chi connectivity index (χ0n) is 26.7. The van der Waals surface area contributed by atoms with Crippen LogP contribution in [-0.4, -0.2) is 79.2 Å². The molecule has 8 nitrogen and oxygen atoms in total.